The van der Waals surface area contributed by atoms with Gasteiger partial charge in [0.05, 0.1) is 0 Å². The summed E-state index contributed by atoms with van der Waals surface area (Å²) in [6.07, 6.45) is 7.48. The van der Waals surface area contributed by atoms with Gasteiger partial charge in [0.1, 0.15) is 0 Å². The average Bonchev–Trinajstić information content (AvgIpc) is 2.74. The Kier molecular flexibility index (Phi) is 35.4. The quantitative estimate of drug-likeness (QED) is 0.0493. The van der Waals surface area contributed by atoms with E-state index in [1.165, 1.54) is 0 Å². The standard InChI is InChI=1S/C21H45N7O3.3ClH/c1-2-3-17-31-20(19(30)26-15-9-8-13-25-14-10-12-22)28-18(29)11-6-4-5-7-16-27-21(23)24;;;/h20,25H,2-17,22H2,1H3,(H,26,30)(H,28,29)(H4,23,24,27);3*1H. The van der Waals surface area contributed by atoms with Crippen LogP contribution in [0.3, 0.4) is 0 Å². The zero-order valence-corrected chi connectivity index (χ0v) is 22.9. The number of halogens is 3. The van der Waals surface area contributed by atoms with E-state index in [4.69, 9.17) is 21.6 Å². The summed E-state index contributed by atoms with van der Waals surface area (Å²) in [5.41, 5.74) is 10.7. The molecule has 0 bridgehead atoms. The number of amides is 2. The van der Waals surface area contributed by atoms with Gasteiger partial charge < -0.3 is 37.5 Å². The molecule has 13 heteroatoms. The van der Waals surface area contributed by atoms with Gasteiger partial charge in [-0.15, -0.1) is 37.2 Å². The molecule has 0 saturated carbocycles. The maximum atomic E-state index is 12.4. The molecular weight excluding hydrogens is 505 g/mol. The van der Waals surface area contributed by atoms with Crippen LogP contribution in [-0.2, 0) is 14.3 Å². The number of carbonyl (C=O) groups is 2. The van der Waals surface area contributed by atoms with E-state index in [1.54, 1.807) is 0 Å². The molecule has 0 saturated heterocycles. The molecule has 0 aromatic rings. The third kappa shape index (κ3) is 27.2. The lowest BCUT2D eigenvalue weighted by atomic mass is 10.1. The number of rotatable bonds is 21. The molecule has 0 aliphatic carbocycles. The summed E-state index contributed by atoms with van der Waals surface area (Å²) in [4.78, 5) is 24.7. The minimum Gasteiger partial charge on any atom is -0.370 e. The summed E-state index contributed by atoms with van der Waals surface area (Å²) in [6, 6.07) is 0. The van der Waals surface area contributed by atoms with Gasteiger partial charge in [-0.25, -0.2) is 0 Å². The van der Waals surface area contributed by atoms with E-state index < -0.39 is 6.23 Å². The van der Waals surface area contributed by atoms with Crippen molar-refractivity contribution in [3.8, 4) is 0 Å². The average molecular weight is 553 g/mol. The smallest absolute Gasteiger partial charge is 0.270 e. The van der Waals surface area contributed by atoms with Gasteiger partial charge in [-0.05, 0) is 58.2 Å². The Labute approximate surface area is 223 Å². The van der Waals surface area contributed by atoms with Crippen LogP contribution in [-0.4, -0.2) is 63.3 Å². The van der Waals surface area contributed by atoms with E-state index in [0.29, 0.717) is 32.7 Å². The van der Waals surface area contributed by atoms with Gasteiger partial charge in [0, 0.05) is 26.1 Å². The summed E-state index contributed by atoms with van der Waals surface area (Å²) >= 11 is 0. The Morgan fingerprint density at radius 2 is 1.44 bits per heavy atom. The molecule has 0 spiro atoms. The Hall–Kier alpha value is -1.04. The van der Waals surface area contributed by atoms with Gasteiger partial charge in [0.15, 0.2) is 5.96 Å². The maximum Gasteiger partial charge on any atom is 0.270 e. The number of unbranched alkanes of at least 4 members (excludes halogenated alkanes) is 5. The zero-order chi connectivity index (χ0) is 23.2. The lowest BCUT2D eigenvalue weighted by Crippen LogP contribution is -2.48. The van der Waals surface area contributed by atoms with Crippen molar-refractivity contribution < 1.29 is 14.3 Å². The van der Waals surface area contributed by atoms with Crippen LogP contribution < -0.4 is 32.7 Å². The summed E-state index contributed by atoms with van der Waals surface area (Å²) in [6.45, 7) is 6.19. The van der Waals surface area contributed by atoms with Crippen molar-refractivity contribution in [2.24, 2.45) is 11.5 Å². The maximum absolute atomic E-state index is 12.4. The van der Waals surface area contributed by atoms with Crippen LogP contribution in [0.1, 0.15) is 71.1 Å². The molecule has 0 aromatic carbocycles. The lowest BCUT2D eigenvalue weighted by Gasteiger charge is -2.19. The van der Waals surface area contributed by atoms with E-state index in [-0.39, 0.29) is 55.0 Å². The van der Waals surface area contributed by atoms with Gasteiger partial charge in [0.25, 0.3) is 5.91 Å². The van der Waals surface area contributed by atoms with Crippen LogP contribution in [0.5, 0.6) is 0 Å². The predicted molar refractivity (Wildman–Crippen MR) is 146 cm³/mol. The molecule has 0 rings (SSSR count). The highest BCUT2D eigenvalue weighted by molar-refractivity contribution is 5.86. The fourth-order valence-electron chi connectivity index (χ4n) is 2.77. The zero-order valence-electron chi connectivity index (χ0n) is 20.5. The van der Waals surface area contributed by atoms with E-state index in [1.807, 2.05) is 6.92 Å². The molecule has 0 fully saturated rings. The van der Waals surface area contributed by atoms with Gasteiger partial charge in [-0.2, -0.15) is 0 Å². The van der Waals surface area contributed by atoms with Crippen LogP contribution in [0, 0.1) is 5.41 Å². The van der Waals surface area contributed by atoms with Gasteiger partial charge >= 0.3 is 0 Å². The minimum atomic E-state index is -0.943. The third-order valence-electron chi connectivity index (χ3n) is 4.60. The summed E-state index contributed by atoms with van der Waals surface area (Å²) in [5.74, 6) is -0.496. The van der Waals surface area contributed by atoms with E-state index >= 15 is 0 Å². The molecule has 1 unspecified atom stereocenters. The largest absolute Gasteiger partial charge is 0.370 e. The highest BCUT2D eigenvalue weighted by Crippen LogP contribution is 2.03. The first kappa shape index (κ1) is 40.1. The fraction of sp³-hybridized carbons (Fsp3) is 0.857. The first-order valence-corrected chi connectivity index (χ1v) is 11.7. The third-order valence-corrected chi connectivity index (χ3v) is 4.60. The number of ether oxygens (including phenoxy) is 1. The molecule has 10 nitrogen and oxygen atoms in total. The van der Waals surface area contributed by atoms with E-state index in [0.717, 1.165) is 70.9 Å². The van der Waals surface area contributed by atoms with Gasteiger partial charge in [-0.1, -0.05) is 26.2 Å². The molecule has 0 heterocycles. The topological polar surface area (TPSA) is 167 Å². The van der Waals surface area contributed by atoms with Crippen LogP contribution in [0.2, 0.25) is 0 Å². The molecule has 0 aromatic heterocycles. The SMILES string of the molecule is CCCCOC(NC(=O)CCCCCCNC(=N)N)C(=O)NCCCCNCCCN.Cl.Cl.Cl. The van der Waals surface area contributed by atoms with Gasteiger partial charge in [-0.3, -0.25) is 15.0 Å². The van der Waals surface area contributed by atoms with E-state index in [2.05, 4.69) is 21.3 Å². The Balaban J connectivity index is -0.00000150. The van der Waals surface area contributed by atoms with Crippen LogP contribution in [0.15, 0.2) is 0 Å². The Morgan fingerprint density at radius 3 is 2.09 bits per heavy atom. The number of hydrogen-bond donors (Lipinski definition) is 7. The number of carbonyl (C=O) groups excluding carboxylic acids is 2. The number of hydrogen-bond acceptors (Lipinski definition) is 6. The molecular formula is C21H48Cl3N7O3. The van der Waals surface area contributed by atoms with Crippen LogP contribution in [0.25, 0.3) is 0 Å². The van der Waals surface area contributed by atoms with E-state index in [9.17, 15) is 9.59 Å². The number of nitrogens with one attached hydrogen (secondary N) is 5. The van der Waals surface area contributed by atoms with Crippen molar-refractivity contribution in [1.82, 2.24) is 21.3 Å². The Bertz CT molecular complexity index is 493. The molecule has 2 amide bonds. The fourth-order valence-corrected chi connectivity index (χ4v) is 2.77. The van der Waals surface area contributed by atoms with Crippen molar-refractivity contribution >= 4 is 55.0 Å². The first-order chi connectivity index (χ1) is 15.0. The molecule has 9 N–H and O–H groups in total. The highest BCUT2D eigenvalue weighted by Gasteiger charge is 2.20. The monoisotopic (exact) mass is 551 g/mol. The second-order valence-corrected chi connectivity index (χ2v) is 7.57. The van der Waals surface area contributed by atoms with Crippen LogP contribution >= 0.6 is 37.2 Å². The first-order valence-electron chi connectivity index (χ1n) is 11.7. The summed E-state index contributed by atoms with van der Waals surface area (Å²) in [5, 5.41) is 18.7. The second-order valence-electron chi connectivity index (χ2n) is 7.57. The van der Waals surface area contributed by atoms with Crippen molar-refractivity contribution in [2.75, 3.05) is 39.3 Å². The number of nitrogens with two attached hydrogens (primary N) is 2. The Morgan fingerprint density at radius 1 is 0.853 bits per heavy atom. The molecule has 34 heavy (non-hydrogen) atoms. The predicted octanol–water partition coefficient (Wildman–Crippen LogP) is 1.78. The molecule has 0 aliphatic heterocycles. The normalized spacial score (nSPS) is 10.6. The highest BCUT2D eigenvalue weighted by atomic mass is 35.5. The molecule has 1 atom stereocenters. The lowest BCUT2D eigenvalue weighted by molar-refractivity contribution is -0.141. The molecule has 206 valence electrons. The van der Waals surface area contributed by atoms with Crippen molar-refractivity contribution in [3.05, 3.63) is 0 Å². The minimum absolute atomic E-state index is 0. The second kappa shape index (κ2) is 30.0. The summed E-state index contributed by atoms with van der Waals surface area (Å²) in [7, 11) is 0. The summed E-state index contributed by atoms with van der Waals surface area (Å²) < 4.78 is 5.61. The van der Waals surface area contributed by atoms with Crippen molar-refractivity contribution in [1.29, 1.82) is 5.41 Å². The van der Waals surface area contributed by atoms with Crippen molar-refractivity contribution in [3.63, 3.8) is 0 Å². The molecule has 0 aliphatic rings. The van der Waals surface area contributed by atoms with Crippen LogP contribution in [0.4, 0.5) is 0 Å². The number of guanidine groups is 1. The molecule has 0 radical (unpaired) electrons. The van der Waals surface area contributed by atoms with Crippen molar-refractivity contribution in [2.45, 2.75) is 77.4 Å². The van der Waals surface area contributed by atoms with Gasteiger partial charge in [0.2, 0.25) is 12.1 Å².